The number of thiazole rings is 1. The van der Waals surface area contributed by atoms with Gasteiger partial charge in [0.1, 0.15) is 16.4 Å². The molecule has 3 rings (SSSR count). The van der Waals surface area contributed by atoms with E-state index in [1.165, 1.54) is 23.3 Å². The molecule has 0 saturated heterocycles. The Balaban J connectivity index is 1.73. The number of amides is 2. The number of nitrogens with zero attached hydrogens (tertiary/aromatic N) is 4. The second kappa shape index (κ2) is 10.5. The summed E-state index contributed by atoms with van der Waals surface area (Å²) >= 11 is 2.75. The third-order valence-electron chi connectivity index (χ3n) is 4.37. The van der Waals surface area contributed by atoms with Crippen molar-refractivity contribution in [2.75, 3.05) is 18.1 Å². The number of nitrogens with one attached hydrogen (secondary N) is 2. The van der Waals surface area contributed by atoms with Crippen LogP contribution in [0.3, 0.4) is 0 Å². The van der Waals surface area contributed by atoms with Crippen LogP contribution >= 0.6 is 23.3 Å². The number of benzene rings is 1. The normalized spacial score (nSPS) is 19.0. The highest BCUT2D eigenvalue weighted by Gasteiger charge is 2.36. The number of carbonyl (C=O) groups excluding carboxylic acids is 2. The quantitative estimate of drug-likeness (QED) is 0.246. The van der Waals surface area contributed by atoms with Crippen LogP contribution in [0.5, 0.6) is 0 Å². The lowest BCUT2D eigenvalue weighted by Gasteiger charge is -2.33. The number of allylic oxidation sites excluding steroid dienone is 1. The Labute approximate surface area is 197 Å². The number of hydrogen-bond acceptors (Lipinski definition) is 9. The molecular formula is C20H21F2N7O2S2. The predicted octanol–water partition coefficient (Wildman–Crippen LogP) is 2.81. The molecule has 1 aromatic heterocycles. The summed E-state index contributed by atoms with van der Waals surface area (Å²) in [5, 5.41) is 7.58. The lowest BCUT2D eigenvalue weighted by molar-refractivity contribution is -0.112. The number of nitrogens with two attached hydrogens (primary N) is 1. The number of rotatable bonds is 6. The van der Waals surface area contributed by atoms with Crippen molar-refractivity contribution >= 4 is 53.1 Å². The van der Waals surface area contributed by atoms with E-state index < -0.39 is 18.0 Å². The van der Waals surface area contributed by atoms with E-state index in [0.29, 0.717) is 22.3 Å². The number of carbonyl (C=O) groups is 2. The van der Waals surface area contributed by atoms with E-state index in [9.17, 15) is 18.4 Å². The van der Waals surface area contributed by atoms with Crippen LogP contribution in [0.15, 0.2) is 57.5 Å². The maximum absolute atomic E-state index is 12.6. The number of hydrogen-bond donors (Lipinski definition) is 3. The average molecular weight is 494 g/mol. The molecular weight excluding hydrogens is 472 g/mol. The molecule has 1 atom stereocenters. The van der Waals surface area contributed by atoms with E-state index in [1.54, 1.807) is 41.0 Å². The summed E-state index contributed by atoms with van der Waals surface area (Å²) in [5.41, 5.74) is 5.03. The number of guanidine groups is 1. The smallest absolute Gasteiger partial charge is 0.331 e. The molecule has 0 saturated carbocycles. The van der Waals surface area contributed by atoms with Gasteiger partial charge in [-0.05, 0) is 37.1 Å². The van der Waals surface area contributed by atoms with Crippen molar-refractivity contribution in [1.29, 1.82) is 0 Å². The van der Waals surface area contributed by atoms with Gasteiger partial charge < -0.3 is 11.1 Å². The topological polar surface area (TPSA) is 125 Å². The Morgan fingerprint density at radius 1 is 1.30 bits per heavy atom. The van der Waals surface area contributed by atoms with Crippen molar-refractivity contribution in [3.05, 3.63) is 58.1 Å². The summed E-state index contributed by atoms with van der Waals surface area (Å²) in [6, 6.07) is 8.80. The van der Waals surface area contributed by atoms with E-state index >= 15 is 0 Å². The van der Waals surface area contributed by atoms with Crippen LogP contribution < -0.4 is 16.4 Å². The van der Waals surface area contributed by atoms with Crippen LogP contribution in [-0.4, -0.2) is 52.6 Å². The fourth-order valence-electron chi connectivity index (χ4n) is 2.63. The average Bonchev–Trinajstić information content (AvgIpc) is 3.26. The van der Waals surface area contributed by atoms with E-state index in [-0.39, 0.29) is 17.4 Å². The second-order valence-electron chi connectivity index (χ2n) is 6.99. The molecule has 1 aliphatic rings. The van der Waals surface area contributed by atoms with Crippen molar-refractivity contribution in [1.82, 2.24) is 14.6 Å². The Hall–Kier alpha value is -3.32. The molecule has 0 spiro atoms. The highest BCUT2D eigenvalue weighted by Crippen LogP contribution is 2.37. The molecule has 0 unspecified atom stereocenters. The molecule has 0 fully saturated rings. The monoisotopic (exact) mass is 493 g/mol. The van der Waals surface area contributed by atoms with Gasteiger partial charge in [-0.15, -0.1) is 11.3 Å². The molecule has 0 aliphatic carbocycles. The van der Waals surface area contributed by atoms with Gasteiger partial charge in [0.15, 0.2) is 0 Å². The molecule has 33 heavy (non-hydrogen) atoms. The lowest BCUT2D eigenvalue weighted by Crippen LogP contribution is -2.45. The van der Waals surface area contributed by atoms with Gasteiger partial charge >= 0.3 is 6.55 Å². The summed E-state index contributed by atoms with van der Waals surface area (Å²) < 4.78 is 25.9. The minimum atomic E-state index is -2.88. The fourth-order valence-corrected chi connectivity index (χ4v) is 4.43. The molecule has 0 bridgehead atoms. The van der Waals surface area contributed by atoms with Crippen LogP contribution in [0, 0.1) is 0 Å². The third kappa shape index (κ3) is 6.35. The summed E-state index contributed by atoms with van der Waals surface area (Å²) in [7, 11) is 1.80. The Bertz CT molecular complexity index is 1100. The van der Waals surface area contributed by atoms with Crippen molar-refractivity contribution in [2.45, 2.75) is 19.0 Å². The standard InChI is InChI=1S/C20H21F2N7O2S2/c1-20(11-33-29(2)19(28-20)27-15(30)12-6-4-3-5-7-12)17-26-14(10-32-17)25-16(31)13(23)8-9-24-18(21)22/h3-10,18H,11,23H2,1-2H3,(H,25,31)(H,27,28,30)/t20-/m0/s1. The SMILES string of the molecule is CN1SC[C@@](C)(c2nc(NC(=O)C(N)=CC=NC(F)F)cs2)N=C1NC(=O)c1ccccc1. The van der Waals surface area contributed by atoms with Crippen molar-refractivity contribution in [2.24, 2.45) is 15.7 Å². The van der Waals surface area contributed by atoms with Gasteiger partial charge in [0.2, 0.25) is 5.96 Å². The Morgan fingerprint density at radius 3 is 2.73 bits per heavy atom. The first-order chi connectivity index (χ1) is 15.7. The number of alkyl halides is 2. The van der Waals surface area contributed by atoms with Gasteiger partial charge in [-0.1, -0.05) is 18.2 Å². The van der Waals surface area contributed by atoms with E-state index in [0.717, 1.165) is 12.3 Å². The summed E-state index contributed by atoms with van der Waals surface area (Å²) in [6.45, 7) is -1.00. The lowest BCUT2D eigenvalue weighted by atomic mass is 10.1. The largest absolute Gasteiger partial charge is 0.394 e. The highest BCUT2D eigenvalue weighted by atomic mass is 32.2. The van der Waals surface area contributed by atoms with Crippen molar-refractivity contribution in [3.63, 3.8) is 0 Å². The van der Waals surface area contributed by atoms with Gasteiger partial charge in [-0.2, -0.15) is 8.78 Å². The zero-order valence-electron chi connectivity index (χ0n) is 17.7. The molecule has 9 nitrogen and oxygen atoms in total. The van der Waals surface area contributed by atoms with Gasteiger partial charge in [0, 0.05) is 30.0 Å². The van der Waals surface area contributed by atoms with Gasteiger partial charge in [0.05, 0.1) is 5.70 Å². The van der Waals surface area contributed by atoms with E-state index in [4.69, 9.17) is 10.7 Å². The van der Waals surface area contributed by atoms with Crippen LogP contribution in [0.4, 0.5) is 14.6 Å². The summed E-state index contributed by atoms with van der Waals surface area (Å²) in [6.07, 6.45) is 1.75. The Morgan fingerprint density at radius 2 is 2.03 bits per heavy atom. The Kier molecular flexibility index (Phi) is 7.76. The number of aliphatic imine (C=N–C) groups is 2. The molecule has 2 aromatic rings. The maximum atomic E-state index is 12.6. The van der Waals surface area contributed by atoms with Crippen molar-refractivity contribution in [3.8, 4) is 0 Å². The molecule has 2 amide bonds. The van der Waals surface area contributed by atoms with Gasteiger partial charge in [-0.3, -0.25) is 19.2 Å². The number of halogens is 2. The first-order valence-electron chi connectivity index (χ1n) is 9.55. The van der Waals surface area contributed by atoms with Crippen LogP contribution in [-0.2, 0) is 10.3 Å². The summed E-state index contributed by atoms with van der Waals surface area (Å²) in [5.74, 6) is 0.207. The van der Waals surface area contributed by atoms with E-state index in [1.807, 2.05) is 13.0 Å². The van der Waals surface area contributed by atoms with Gasteiger partial charge in [-0.25, -0.2) is 15.0 Å². The minimum absolute atomic E-state index is 0.248. The summed E-state index contributed by atoms with van der Waals surface area (Å²) in [4.78, 5) is 36.7. The van der Waals surface area contributed by atoms with E-state index in [2.05, 4.69) is 20.6 Å². The second-order valence-corrected chi connectivity index (χ2v) is 8.94. The molecule has 1 aliphatic heterocycles. The molecule has 2 heterocycles. The zero-order valence-corrected chi connectivity index (χ0v) is 19.3. The predicted molar refractivity (Wildman–Crippen MR) is 126 cm³/mol. The molecule has 0 radical (unpaired) electrons. The van der Waals surface area contributed by atoms with Crippen LogP contribution in [0.2, 0.25) is 0 Å². The van der Waals surface area contributed by atoms with Crippen LogP contribution in [0.1, 0.15) is 22.3 Å². The highest BCUT2D eigenvalue weighted by molar-refractivity contribution is 7.97. The molecule has 174 valence electrons. The molecule has 4 N–H and O–H groups in total. The number of anilines is 1. The first kappa shape index (κ1) is 24.3. The minimum Gasteiger partial charge on any atom is -0.394 e. The zero-order chi connectivity index (χ0) is 24.0. The molecule has 1 aromatic carbocycles. The molecule has 13 heteroatoms. The van der Waals surface area contributed by atoms with Crippen LogP contribution in [0.25, 0.3) is 0 Å². The maximum Gasteiger partial charge on any atom is 0.331 e. The fraction of sp³-hybridized carbons (Fsp3) is 0.250. The van der Waals surface area contributed by atoms with Gasteiger partial charge in [0.25, 0.3) is 11.8 Å². The first-order valence-corrected chi connectivity index (χ1v) is 11.4. The van der Waals surface area contributed by atoms with Crippen molar-refractivity contribution < 1.29 is 18.4 Å². The number of aromatic nitrogens is 1. The third-order valence-corrected chi connectivity index (χ3v) is 6.72.